The highest BCUT2D eigenvalue weighted by Gasteiger charge is 2.02. The van der Waals surface area contributed by atoms with Crippen LogP contribution in [-0.4, -0.2) is 5.91 Å². The van der Waals surface area contributed by atoms with Crippen molar-refractivity contribution in [2.75, 3.05) is 5.32 Å². The lowest BCUT2D eigenvalue weighted by molar-refractivity contribution is -0.116. The molecule has 0 unspecified atom stereocenters. The fraction of sp³-hybridized carbons (Fsp3) is 0.500. The molecule has 0 heterocycles. The Morgan fingerprint density at radius 2 is 2.12 bits per heavy atom. The maximum Gasteiger partial charge on any atom is 0.224 e. The first-order chi connectivity index (χ1) is 8.26. The van der Waals surface area contributed by atoms with Crippen LogP contribution in [0.2, 0.25) is 0 Å². The first-order valence-corrected chi connectivity index (χ1v) is 6.74. The molecule has 0 bridgehead atoms. The monoisotopic (exact) mass is 253 g/mol. The quantitative estimate of drug-likeness (QED) is 0.569. The molecule has 0 atom stereocenters. The van der Waals surface area contributed by atoms with E-state index in [0.29, 0.717) is 12.3 Å². The number of carbonyl (C=O) groups is 1. The van der Waals surface area contributed by atoms with Crippen LogP contribution in [0.15, 0.2) is 24.3 Å². The van der Waals surface area contributed by atoms with Crippen LogP contribution in [0, 0.1) is 0 Å². The summed E-state index contributed by atoms with van der Waals surface area (Å²) in [4.78, 5) is 11.6. The number of alkyl halides is 1. The molecule has 1 N–H and O–H groups in total. The number of hydrogen-bond acceptors (Lipinski definition) is 1. The molecule has 0 saturated carbocycles. The van der Waals surface area contributed by atoms with E-state index in [4.69, 9.17) is 11.6 Å². The summed E-state index contributed by atoms with van der Waals surface area (Å²) in [6.45, 7) is 2.16. The van der Waals surface area contributed by atoms with Gasteiger partial charge in [-0.1, -0.05) is 38.3 Å². The zero-order chi connectivity index (χ0) is 12.5. The van der Waals surface area contributed by atoms with Gasteiger partial charge in [0.2, 0.25) is 5.91 Å². The number of amides is 1. The van der Waals surface area contributed by atoms with Gasteiger partial charge in [-0.2, -0.15) is 0 Å². The van der Waals surface area contributed by atoms with Crippen LogP contribution in [0.4, 0.5) is 5.69 Å². The van der Waals surface area contributed by atoms with Crippen molar-refractivity contribution >= 4 is 23.2 Å². The maximum atomic E-state index is 11.6. The topological polar surface area (TPSA) is 29.1 Å². The minimum Gasteiger partial charge on any atom is -0.326 e. The summed E-state index contributed by atoms with van der Waals surface area (Å²) in [6, 6.07) is 7.66. The van der Waals surface area contributed by atoms with Gasteiger partial charge < -0.3 is 5.32 Å². The molecule has 0 fully saturated rings. The van der Waals surface area contributed by atoms with E-state index in [2.05, 4.69) is 12.2 Å². The van der Waals surface area contributed by atoms with Crippen LogP contribution in [-0.2, 0) is 10.7 Å². The molecule has 2 nitrogen and oxygen atoms in total. The Hall–Kier alpha value is -1.02. The number of benzene rings is 1. The second-order valence-corrected chi connectivity index (χ2v) is 4.46. The van der Waals surface area contributed by atoms with E-state index in [1.54, 1.807) is 0 Å². The predicted octanol–water partition coefficient (Wildman–Crippen LogP) is 4.33. The molecule has 17 heavy (non-hydrogen) atoms. The van der Waals surface area contributed by atoms with E-state index in [0.717, 1.165) is 24.1 Å². The molecule has 0 radical (unpaired) electrons. The van der Waals surface area contributed by atoms with Crippen LogP contribution in [0.25, 0.3) is 0 Å². The largest absolute Gasteiger partial charge is 0.326 e. The molecule has 0 saturated heterocycles. The summed E-state index contributed by atoms with van der Waals surface area (Å²) in [5, 5.41) is 2.90. The number of anilines is 1. The van der Waals surface area contributed by atoms with E-state index in [9.17, 15) is 4.79 Å². The molecule has 1 aromatic carbocycles. The number of nitrogens with one attached hydrogen (secondary N) is 1. The summed E-state index contributed by atoms with van der Waals surface area (Å²) in [5.41, 5.74) is 1.86. The third kappa shape index (κ3) is 5.73. The molecule has 1 amide bonds. The Morgan fingerprint density at radius 1 is 1.29 bits per heavy atom. The van der Waals surface area contributed by atoms with Crippen molar-refractivity contribution < 1.29 is 4.79 Å². The Bertz CT molecular complexity index is 352. The predicted molar refractivity (Wildman–Crippen MR) is 73.4 cm³/mol. The first kappa shape index (κ1) is 14.0. The summed E-state index contributed by atoms with van der Waals surface area (Å²) >= 11 is 5.74. The first-order valence-electron chi connectivity index (χ1n) is 6.21. The molecular weight excluding hydrogens is 234 g/mol. The van der Waals surface area contributed by atoms with Crippen molar-refractivity contribution in [2.45, 2.75) is 44.9 Å². The zero-order valence-corrected chi connectivity index (χ0v) is 11.1. The van der Waals surface area contributed by atoms with E-state index in [1.807, 2.05) is 24.3 Å². The van der Waals surface area contributed by atoms with Gasteiger partial charge >= 0.3 is 0 Å². The Labute approximate surface area is 108 Å². The zero-order valence-electron chi connectivity index (χ0n) is 10.3. The number of hydrogen-bond donors (Lipinski definition) is 1. The van der Waals surface area contributed by atoms with Crippen molar-refractivity contribution in [1.82, 2.24) is 0 Å². The molecule has 94 valence electrons. The van der Waals surface area contributed by atoms with Crippen LogP contribution in [0.3, 0.4) is 0 Å². The lowest BCUT2D eigenvalue weighted by Gasteiger charge is -2.06. The summed E-state index contributed by atoms with van der Waals surface area (Å²) in [7, 11) is 0. The van der Waals surface area contributed by atoms with E-state index >= 15 is 0 Å². The fourth-order valence-corrected chi connectivity index (χ4v) is 1.83. The van der Waals surface area contributed by atoms with Crippen molar-refractivity contribution in [2.24, 2.45) is 0 Å². The number of carbonyl (C=O) groups excluding carboxylic acids is 1. The van der Waals surface area contributed by atoms with Gasteiger partial charge in [0.1, 0.15) is 0 Å². The summed E-state index contributed by atoms with van der Waals surface area (Å²) in [6.07, 6.45) is 5.10. The third-order valence-electron chi connectivity index (χ3n) is 2.62. The molecule has 0 aromatic heterocycles. The van der Waals surface area contributed by atoms with E-state index < -0.39 is 0 Å². The van der Waals surface area contributed by atoms with Crippen molar-refractivity contribution in [3.63, 3.8) is 0 Å². The normalized spacial score (nSPS) is 10.2. The Balaban J connectivity index is 2.34. The highest BCUT2D eigenvalue weighted by atomic mass is 35.5. The van der Waals surface area contributed by atoms with Crippen molar-refractivity contribution in [1.29, 1.82) is 0 Å². The Morgan fingerprint density at radius 3 is 2.82 bits per heavy atom. The van der Waals surface area contributed by atoms with Gasteiger partial charge in [-0.25, -0.2) is 0 Å². The second kappa shape index (κ2) is 8.13. The SMILES string of the molecule is CCCCCCC(=O)Nc1cccc(CCl)c1. The van der Waals surface area contributed by atoms with Crippen LogP contribution >= 0.6 is 11.6 Å². The van der Waals surface area contributed by atoms with Gasteiger partial charge in [0.25, 0.3) is 0 Å². The smallest absolute Gasteiger partial charge is 0.224 e. The third-order valence-corrected chi connectivity index (χ3v) is 2.93. The van der Waals surface area contributed by atoms with Gasteiger partial charge in [0.15, 0.2) is 0 Å². The number of halogens is 1. The van der Waals surface area contributed by atoms with Gasteiger partial charge in [0, 0.05) is 18.0 Å². The standard InChI is InChI=1S/C14H20ClNO/c1-2-3-4-5-9-14(17)16-13-8-6-7-12(10-13)11-15/h6-8,10H,2-5,9,11H2,1H3,(H,16,17). The minimum absolute atomic E-state index is 0.0906. The number of unbranched alkanes of at least 4 members (excludes halogenated alkanes) is 3. The van der Waals surface area contributed by atoms with Gasteiger partial charge in [-0.3, -0.25) is 4.79 Å². The van der Waals surface area contributed by atoms with Crippen LogP contribution < -0.4 is 5.32 Å². The molecule has 1 aromatic rings. The average Bonchev–Trinajstić information content (AvgIpc) is 2.35. The molecular formula is C14H20ClNO. The fourth-order valence-electron chi connectivity index (χ4n) is 1.67. The van der Waals surface area contributed by atoms with Crippen LogP contribution in [0.1, 0.15) is 44.6 Å². The van der Waals surface area contributed by atoms with Crippen molar-refractivity contribution in [3.8, 4) is 0 Å². The maximum absolute atomic E-state index is 11.6. The summed E-state index contributed by atoms with van der Waals surface area (Å²) < 4.78 is 0. The average molecular weight is 254 g/mol. The van der Waals surface area contributed by atoms with Gasteiger partial charge in [-0.15, -0.1) is 11.6 Å². The van der Waals surface area contributed by atoms with E-state index in [1.165, 1.54) is 12.8 Å². The summed E-state index contributed by atoms with van der Waals surface area (Å²) in [5.74, 6) is 0.563. The lowest BCUT2D eigenvalue weighted by Crippen LogP contribution is -2.11. The Kier molecular flexibility index (Phi) is 6.71. The highest BCUT2D eigenvalue weighted by molar-refractivity contribution is 6.17. The minimum atomic E-state index is 0.0906. The lowest BCUT2D eigenvalue weighted by atomic mass is 10.1. The molecule has 3 heteroatoms. The van der Waals surface area contributed by atoms with Crippen molar-refractivity contribution in [3.05, 3.63) is 29.8 Å². The molecule has 0 spiro atoms. The highest BCUT2D eigenvalue weighted by Crippen LogP contribution is 2.13. The molecule has 0 aliphatic carbocycles. The van der Waals surface area contributed by atoms with E-state index in [-0.39, 0.29) is 5.91 Å². The molecule has 0 aliphatic heterocycles. The molecule has 0 aliphatic rings. The van der Waals surface area contributed by atoms with Crippen LogP contribution in [0.5, 0.6) is 0 Å². The van der Waals surface area contributed by atoms with Gasteiger partial charge in [-0.05, 0) is 24.1 Å². The second-order valence-electron chi connectivity index (χ2n) is 4.19. The van der Waals surface area contributed by atoms with Gasteiger partial charge in [0.05, 0.1) is 0 Å². The number of rotatable bonds is 7. The molecule has 1 rings (SSSR count).